The molecule has 11 nitrogen and oxygen atoms in total. The Bertz CT molecular complexity index is 1560. The lowest BCUT2D eigenvalue weighted by Crippen LogP contribution is -2.50. The Morgan fingerprint density at radius 2 is 1.56 bits per heavy atom. The number of aryl methyl sites for hydroxylation is 1. The number of ether oxygens (including phenoxy) is 1. The zero-order chi connectivity index (χ0) is 30.0. The van der Waals surface area contributed by atoms with Crippen LogP contribution >= 0.6 is 0 Å². The van der Waals surface area contributed by atoms with Crippen molar-refractivity contribution in [2.24, 2.45) is 0 Å². The molecule has 220 valence electrons. The summed E-state index contributed by atoms with van der Waals surface area (Å²) >= 11 is 0. The fraction of sp³-hybridized carbons (Fsp3) is 0.536. The van der Waals surface area contributed by atoms with Crippen LogP contribution in [0.3, 0.4) is 0 Å². The van der Waals surface area contributed by atoms with Crippen molar-refractivity contribution in [2.75, 3.05) is 31.1 Å². The highest BCUT2D eigenvalue weighted by molar-refractivity contribution is 7.90. The van der Waals surface area contributed by atoms with E-state index >= 15 is 0 Å². The van der Waals surface area contributed by atoms with Crippen LogP contribution in [0.5, 0.6) is 0 Å². The van der Waals surface area contributed by atoms with Gasteiger partial charge >= 0.3 is 13.2 Å². The number of benzene rings is 1. The summed E-state index contributed by atoms with van der Waals surface area (Å²) in [4.78, 5) is 25.5. The number of fused-ring (bicyclic) bond motifs is 1. The van der Waals surface area contributed by atoms with Crippen LogP contribution < -0.4 is 10.4 Å². The summed E-state index contributed by atoms with van der Waals surface area (Å²) in [5.41, 5.74) is -0.159. The van der Waals surface area contributed by atoms with Crippen LogP contribution in [0, 0.1) is 6.92 Å². The first kappa shape index (κ1) is 29.3. The molecular weight excluding hydrogens is 545 g/mol. The number of hydrogen-bond donors (Lipinski definition) is 0. The highest BCUT2D eigenvalue weighted by atomic mass is 32.2. The van der Waals surface area contributed by atoms with E-state index in [2.05, 4.69) is 9.97 Å². The van der Waals surface area contributed by atoms with Gasteiger partial charge in [0.1, 0.15) is 17.7 Å². The van der Waals surface area contributed by atoms with Gasteiger partial charge in [0.15, 0.2) is 5.65 Å². The molecule has 5 rings (SSSR count). The average Bonchev–Trinajstić information content (AvgIpc) is 3.37. The molecule has 0 saturated carbocycles. The number of nitrogens with zero attached hydrogens (tertiary/aromatic N) is 5. The molecule has 13 heteroatoms. The summed E-state index contributed by atoms with van der Waals surface area (Å²) in [6, 6.07) is 6.70. The molecule has 0 N–H and O–H groups in total. The maximum Gasteiger partial charge on any atom is 0.497 e. The fourth-order valence-electron chi connectivity index (χ4n) is 4.87. The van der Waals surface area contributed by atoms with E-state index in [0.29, 0.717) is 42.8 Å². The van der Waals surface area contributed by atoms with E-state index in [9.17, 15) is 13.2 Å². The van der Waals surface area contributed by atoms with Gasteiger partial charge in [-0.25, -0.2) is 27.2 Å². The van der Waals surface area contributed by atoms with E-state index in [1.807, 2.05) is 60.3 Å². The van der Waals surface area contributed by atoms with Gasteiger partial charge in [-0.05, 0) is 67.5 Å². The van der Waals surface area contributed by atoms with Crippen LogP contribution in [0.15, 0.2) is 41.7 Å². The second-order valence-corrected chi connectivity index (χ2v) is 14.5. The molecule has 1 aromatic carbocycles. The molecule has 0 radical (unpaired) electrons. The zero-order valence-corrected chi connectivity index (χ0v) is 25.8. The number of amides is 1. The summed E-state index contributed by atoms with van der Waals surface area (Å²) in [6.07, 6.45) is 2.54. The second-order valence-electron chi connectivity index (χ2n) is 12.6. The van der Waals surface area contributed by atoms with Gasteiger partial charge in [0.05, 0.1) is 21.5 Å². The molecule has 0 aliphatic carbocycles. The lowest BCUT2D eigenvalue weighted by molar-refractivity contribution is 0.00578. The van der Waals surface area contributed by atoms with Gasteiger partial charge in [-0.2, -0.15) is 0 Å². The van der Waals surface area contributed by atoms with Crippen molar-refractivity contribution in [3.8, 4) is 0 Å². The predicted molar refractivity (Wildman–Crippen MR) is 157 cm³/mol. The molecule has 2 aromatic heterocycles. The minimum Gasteiger partial charge on any atom is -0.444 e. The molecule has 0 unspecified atom stereocenters. The molecule has 41 heavy (non-hydrogen) atoms. The van der Waals surface area contributed by atoms with Crippen molar-refractivity contribution in [2.45, 2.75) is 77.1 Å². The maximum absolute atomic E-state index is 13.9. The molecule has 4 heterocycles. The number of rotatable bonds is 4. The number of anilines is 1. The third-order valence-electron chi connectivity index (χ3n) is 7.88. The lowest BCUT2D eigenvalue weighted by Gasteiger charge is -2.36. The smallest absolute Gasteiger partial charge is 0.444 e. The van der Waals surface area contributed by atoms with Gasteiger partial charge in [-0.15, -0.1) is 0 Å². The van der Waals surface area contributed by atoms with Crippen LogP contribution in [-0.4, -0.2) is 83.5 Å². The fourth-order valence-corrected chi connectivity index (χ4v) is 6.19. The standard InChI is InChI=1S/C28H38BN5O6S/c1-19-9-11-20(12-10-19)41(36,37)34-17-21(29-39-27(5,6)28(7,8)40-29)22-23(30-18-31-24(22)34)32-13-15-33(16-14-32)25(35)38-26(2,3)4/h9-12,17-18H,13-16H2,1-8H3. The molecule has 1 amide bonds. The van der Waals surface area contributed by atoms with E-state index in [4.69, 9.17) is 14.0 Å². The number of carbonyl (C=O) groups is 1. The first-order chi connectivity index (χ1) is 19.0. The molecule has 3 aromatic rings. The summed E-state index contributed by atoms with van der Waals surface area (Å²) < 4.78 is 47.3. The Hall–Kier alpha value is -3.16. The average molecular weight is 584 g/mol. The molecule has 0 atom stereocenters. The quantitative estimate of drug-likeness (QED) is 0.427. The molecule has 2 fully saturated rings. The van der Waals surface area contributed by atoms with Crippen LogP contribution in [-0.2, 0) is 24.1 Å². The molecular formula is C28H38BN5O6S. The maximum atomic E-state index is 13.9. The third kappa shape index (κ3) is 5.42. The zero-order valence-electron chi connectivity index (χ0n) is 25.0. The Balaban J connectivity index is 1.58. The van der Waals surface area contributed by atoms with E-state index in [1.165, 1.54) is 16.5 Å². The number of piperazine rings is 1. The van der Waals surface area contributed by atoms with Crippen LogP contribution in [0.2, 0.25) is 0 Å². The van der Waals surface area contributed by atoms with Crippen molar-refractivity contribution < 1.29 is 27.3 Å². The van der Waals surface area contributed by atoms with Gasteiger partial charge < -0.3 is 23.8 Å². The van der Waals surface area contributed by atoms with Gasteiger partial charge in [0, 0.05) is 37.8 Å². The Morgan fingerprint density at radius 3 is 2.12 bits per heavy atom. The molecule has 2 aliphatic rings. The number of carbonyl (C=O) groups excluding carboxylic acids is 1. The van der Waals surface area contributed by atoms with Gasteiger partial charge in [0.2, 0.25) is 0 Å². The molecule has 2 saturated heterocycles. The largest absolute Gasteiger partial charge is 0.497 e. The minimum absolute atomic E-state index is 0.145. The molecule has 0 bridgehead atoms. The Morgan fingerprint density at radius 1 is 0.976 bits per heavy atom. The molecule has 2 aliphatic heterocycles. The third-order valence-corrected chi connectivity index (χ3v) is 9.54. The van der Waals surface area contributed by atoms with Gasteiger partial charge in [0.25, 0.3) is 10.0 Å². The molecule has 0 spiro atoms. The van der Waals surface area contributed by atoms with Gasteiger partial charge in [-0.3, -0.25) is 0 Å². The Kier molecular flexibility index (Phi) is 7.15. The number of aromatic nitrogens is 3. The van der Waals surface area contributed by atoms with Crippen molar-refractivity contribution in [1.82, 2.24) is 18.8 Å². The van der Waals surface area contributed by atoms with Crippen LogP contribution in [0.1, 0.15) is 54.0 Å². The lowest BCUT2D eigenvalue weighted by atomic mass is 9.79. The summed E-state index contributed by atoms with van der Waals surface area (Å²) in [6.45, 7) is 17.0. The second kappa shape index (κ2) is 9.99. The minimum atomic E-state index is -4.01. The van der Waals surface area contributed by atoms with Crippen molar-refractivity contribution >= 4 is 45.5 Å². The summed E-state index contributed by atoms with van der Waals surface area (Å²) in [7, 11) is -4.85. The first-order valence-corrected chi connectivity index (χ1v) is 15.2. The number of hydrogen-bond acceptors (Lipinski definition) is 9. The van der Waals surface area contributed by atoms with E-state index in [0.717, 1.165) is 5.56 Å². The predicted octanol–water partition coefficient (Wildman–Crippen LogP) is 3.33. The normalized spacial score (nSPS) is 19.2. The SMILES string of the molecule is Cc1ccc(S(=O)(=O)n2cc(B3OC(C)(C)C(C)(C)O3)c3c(N4CCN(C(=O)OC(C)(C)C)CC4)ncnc32)cc1. The van der Waals surface area contributed by atoms with Gasteiger partial charge in [-0.1, -0.05) is 17.7 Å². The van der Waals surface area contributed by atoms with Crippen LogP contribution in [0.4, 0.5) is 10.6 Å². The van der Waals surface area contributed by atoms with E-state index in [1.54, 1.807) is 29.2 Å². The summed E-state index contributed by atoms with van der Waals surface area (Å²) in [5.74, 6) is 0.557. The van der Waals surface area contributed by atoms with E-state index in [-0.39, 0.29) is 16.6 Å². The van der Waals surface area contributed by atoms with Crippen molar-refractivity contribution in [3.63, 3.8) is 0 Å². The van der Waals surface area contributed by atoms with Crippen molar-refractivity contribution in [1.29, 1.82) is 0 Å². The topological polar surface area (TPSA) is 116 Å². The Labute approximate surface area is 242 Å². The van der Waals surface area contributed by atoms with Crippen molar-refractivity contribution in [3.05, 3.63) is 42.4 Å². The highest BCUT2D eigenvalue weighted by Gasteiger charge is 2.53. The van der Waals surface area contributed by atoms with Crippen LogP contribution in [0.25, 0.3) is 11.0 Å². The van der Waals surface area contributed by atoms with E-state index < -0.39 is 33.9 Å². The first-order valence-electron chi connectivity index (χ1n) is 13.8. The highest BCUT2D eigenvalue weighted by Crippen LogP contribution is 2.38. The monoisotopic (exact) mass is 583 g/mol. The summed E-state index contributed by atoms with van der Waals surface area (Å²) in [5, 5.41) is 0.535.